The zero-order valence-corrected chi connectivity index (χ0v) is 22.8. The van der Waals surface area contributed by atoms with Crippen molar-refractivity contribution in [3.63, 3.8) is 0 Å². The number of aliphatic carboxylic acids is 1. The summed E-state index contributed by atoms with van der Waals surface area (Å²) in [4.78, 5) is 22.3. The number of H-pyrrole nitrogens is 1. The molecule has 3 aromatic rings. The molecule has 1 saturated carbocycles. The van der Waals surface area contributed by atoms with E-state index in [0.29, 0.717) is 17.8 Å². The molecule has 2 N–H and O–H groups in total. The number of nitrogens with one attached hydrogen (secondary N) is 1. The van der Waals surface area contributed by atoms with Gasteiger partial charge in [-0.25, -0.2) is 4.98 Å². The number of likely N-dealkylation sites (tertiary alicyclic amines) is 2. The van der Waals surface area contributed by atoms with Crippen LogP contribution in [-0.2, 0) is 4.79 Å². The SMILES string of the molecule is O=C(O)[C@@H](C1CCCCC1)N1C[C@H](CN2CCC(c3nc(-c4ccccc4)n[nH]3)CC2)[C@@H](c2ccccc2)C1. The average molecular weight is 528 g/mol. The molecule has 3 heterocycles. The van der Waals surface area contributed by atoms with Gasteiger partial charge < -0.3 is 10.0 Å². The third kappa shape index (κ3) is 5.94. The zero-order chi connectivity index (χ0) is 26.6. The van der Waals surface area contributed by atoms with Gasteiger partial charge in [-0.1, -0.05) is 79.9 Å². The van der Waals surface area contributed by atoms with Gasteiger partial charge in [-0.3, -0.25) is 14.8 Å². The first-order valence-electron chi connectivity index (χ1n) is 14.9. The molecule has 3 atom stereocenters. The minimum absolute atomic E-state index is 0.282. The monoisotopic (exact) mass is 527 g/mol. The lowest BCUT2D eigenvalue weighted by Crippen LogP contribution is -2.46. The molecule has 0 unspecified atom stereocenters. The Labute approximate surface area is 231 Å². The van der Waals surface area contributed by atoms with E-state index in [2.05, 4.69) is 50.3 Å². The van der Waals surface area contributed by atoms with E-state index in [-0.39, 0.29) is 12.0 Å². The van der Waals surface area contributed by atoms with Gasteiger partial charge in [0.1, 0.15) is 11.9 Å². The number of carboxylic acid groups (broad SMARTS) is 1. The summed E-state index contributed by atoms with van der Waals surface area (Å²) in [6.07, 6.45) is 7.81. The van der Waals surface area contributed by atoms with E-state index in [1.54, 1.807) is 0 Å². The zero-order valence-electron chi connectivity index (χ0n) is 22.8. The molecule has 6 rings (SSSR count). The van der Waals surface area contributed by atoms with Crippen LogP contribution in [0.25, 0.3) is 11.4 Å². The molecular formula is C32H41N5O2. The molecule has 7 heteroatoms. The second-order valence-corrected chi connectivity index (χ2v) is 11.9. The van der Waals surface area contributed by atoms with Crippen molar-refractivity contribution in [2.24, 2.45) is 11.8 Å². The molecule has 2 aliphatic heterocycles. The lowest BCUT2D eigenvalue weighted by atomic mass is 9.83. The van der Waals surface area contributed by atoms with E-state index in [1.807, 2.05) is 30.3 Å². The predicted molar refractivity (Wildman–Crippen MR) is 152 cm³/mol. The Hall–Kier alpha value is -3.03. The second kappa shape index (κ2) is 12.0. The number of carbonyl (C=O) groups is 1. The third-order valence-corrected chi connectivity index (χ3v) is 9.44. The maximum Gasteiger partial charge on any atom is 0.321 e. The molecule has 2 aromatic carbocycles. The molecule has 39 heavy (non-hydrogen) atoms. The van der Waals surface area contributed by atoms with Gasteiger partial charge in [0, 0.05) is 37.0 Å². The molecule has 0 spiro atoms. The van der Waals surface area contributed by atoms with Crippen LogP contribution < -0.4 is 0 Å². The largest absolute Gasteiger partial charge is 0.480 e. The molecule has 206 valence electrons. The lowest BCUT2D eigenvalue weighted by Gasteiger charge is -2.35. The summed E-state index contributed by atoms with van der Waals surface area (Å²) >= 11 is 0. The number of aromatic nitrogens is 3. The van der Waals surface area contributed by atoms with Crippen molar-refractivity contribution in [1.82, 2.24) is 25.0 Å². The summed E-state index contributed by atoms with van der Waals surface area (Å²) in [5.41, 5.74) is 2.39. The number of aromatic amines is 1. The van der Waals surface area contributed by atoms with Crippen molar-refractivity contribution >= 4 is 5.97 Å². The van der Waals surface area contributed by atoms with Crippen LogP contribution in [0.3, 0.4) is 0 Å². The Balaban J connectivity index is 1.12. The van der Waals surface area contributed by atoms with Crippen LogP contribution in [-0.4, -0.2) is 74.8 Å². The number of benzene rings is 2. The van der Waals surface area contributed by atoms with E-state index in [0.717, 1.165) is 75.6 Å². The third-order valence-electron chi connectivity index (χ3n) is 9.44. The highest BCUT2D eigenvalue weighted by Crippen LogP contribution is 2.39. The predicted octanol–water partition coefficient (Wildman–Crippen LogP) is 5.40. The van der Waals surface area contributed by atoms with Crippen LogP contribution in [0.1, 0.15) is 68.2 Å². The van der Waals surface area contributed by atoms with Gasteiger partial charge in [0.05, 0.1) is 0 Å². The van der Waals surface area contributed by atoms with E-state index in [9.17, 15) is 9.90 Å². The van der Waals surface area contributed by atoms with Gasteiger partial charge in [0.2, 0.25) is 0 Å². The van der Waals surface area contributed by atoms with Crippen molar-refractivity contribution in [1.29, 1.82) is 0 Å². The van der Waals surface area contributed by atoms with Crippen LogP contribution in [0, 0.1) is 11.8 Å². The van der Waals surface area contributed by atoms with E-state index in [1.165, 1.54) is 24.8 Å². The first-order chi connectivity index (χ1) is 19.2. The molecule has 3 aliphatic rings. The highest BCUT2D eigenvalue weighted by molar-refractivity contribution is 5.74. The maximum atomic E-state index is 12.5. The number of hydrogen-bond donors (Lipinski definition) is 2. The highest BCUT2D eigenvalue weighted by Gasteiger charge is 2.43. The Morgan fingerprint density at radius 3 is 2.31 bits per heavy atom. The summed E-state index contributed by atoms with van der Waals surface area (Å²) in [5.74, 6) is 2.64. The summed E-state index contributed by atoms with van der Waals surface area (Å²) in [6, 6.07) is 20.6. The van der Waals surface area contributed by atoms with Gasteiger partial charge in [0.25, 0.3) is 0 Å². The topological polar surface area (TPSA) is 85.3 Å². The fourth-order valence-electron chi connectivity index (χ4n) is 7.39. The summed E-state index contributed by atoms with van der Waals surface area (Å²) in [5, 5.41) is 18.0. The normalized spacial score (nSPS) is 24.6. The Morgan fingerprint density at radius 2 is 1.62 bits per heavy atom. The number of hydrogen-bond acceptors (Lipinski definition) is 5. The van der Waals surface area contributed by atoms with Crippen molar-refractivity contribution in [2.75, 3.05) is 32.7 Å². The Kier molecular flexibility index (Phi) is 8.07. The maximum absolute atomic E-state index is 12.5. The van der Waals surface area contributed by atoms with E-state index < -0.39 is 5.97 Å². The Morgan fingerprint density at radius 1 is 0.923 bits per heavy atom. The fraction of sp³-hybridized carbons (Fsp3) is 0.531. The number of nitrogens with zero attached hydrogens (tertiary/aromatic N) is 4. The standard InChI is InChI=1S/C32H41N5O2/c38-32(39)29(24-12-6-2-7-13-24)37-21-27(28(22-37)23-10-4-1-5-11-23)20-36-18-16-26(17-19-36)31-33-30(34-35-31)25-14-8-3-9-15-25/h1,3-5,8-11,14-15,24,26-29H,2,6-7,12-13,16-22H2,(H,38,39)(H,33,34,35)/t27-,28+,29+/m0/s1. The summed E-state index contributed by atoms with van der Waals surface area (Å²) in [6.45, 7) is 4.81. The molecule has 0 bridgehead atoms. The van der Waals surface area contributed by atoms with Crippen LogP contribution in [0.5, 0.6) is 0 Å². The molecule has 2 saturated heterocycles. The molecule has 0 radical (unpaired) electrons. The number of piperidine rings is 1. The number of carboxylic acids is 1. The van der Waals surface area contributed by atoms with E-state index >= 15 is 0 Å². The van der Waals surface area contributed by atoms with Crippen LogP contribution in [0.15, 0.2) is 60.7 Å². The smallest absolute Gasteiger partial charge is 0.321 e. The van der Waals surface area contributed by atoms with Gasteiger partial charge in [0.15, 0.2) is 5.82 Å². The first-order valence-corrected chi connectivity index (χ1v) is 14.9. The Bertz CT molecular complexity index is 1200. The minimum atomic E-state index is -0.628. The van der Waals surface area contributed by atoms with Crippen molar-refractivity contribution in [2.45, 2.75) is 62.8 Å². The molecule has 1 aromatic heterocycles. The second-order valence-electron chi connectivity index (χ2n) is 11.9. The van der Waals surface area contributed by atoms with Crippen LogP contribution >= 0.6 is 0 Å². The van der Waals surface area contributed by atoms with Crippen molar-refractivity contribution < 1.29 is 9.90 Å². The lowest BCUT2D eigenvalue weighted by molar-refractivity contribution is -0.145. The number of rotatable bonds is 8. The summed E-state index contributed by atoms with van der Waals surface area (Å²) in [7, 11) is 0. The van der Waals surface area contributed by atoms with Crippen molar-refractivity contribution in [3.8, 4) is 11.4 Å². The average Bonchev–Trinajstić information content (AvgIpc) is 3.63. The molecular weight excluding hydrogens is 486 g/mol. The van der Waals surface area contributed by atoms with Gasteiger partial charge in [-0.15, -0.1) is 0 Å². The first kappa shape index (κ1) is 26.2. The van der Waals surface area contributed by atoms with Gasteiger partial charge >= 0.3 is 5.97 Å². The molecule has 3 fully saturated rings. The molecule has 7 nitrogen and oxygen atoms in total. The van der Waals surface area contributed by atoms with Crippen LogP contribution in [0.2, 0.25) is 0 Å². The summed E-state index contributed by atoms with van der Waals surface area (Å²) < 4.78 is 0. The molecule has 1 aliphatic carbocycles. The van der Waals surface area contributed by atoms with Crippen LogP contribution in [0.4, 0.5) is 0 Å². The molecule has 0 amide bonds. The van der Waals surface area contributed by atoms with Crippen molar-refractivity contribution in [3.05, 3.63) is 72.1 Å². The van der Waals surface area contributed by atoms with E-state index in [4.69, 9.17) is 4.98 Å². The fourth-order valence-corrected chi connectivity index (χ4v) is 7.39. The van der Waals surface area contributed by atoms with Gasteiger partial charge in [-0.05, 0) is 56.2 Å². The minimum Gasteiger partial charge on any atom is -0.480 e. The van der Waals surface area contributed by atoms with Gasteiger partial charge in [-0.2, -0.15) is 5.10 Å². The quantitative estimate of drug-likeness (QED) is 0.408. The highest BCUT2D eigenvalue weighted by atomic mass is 16.4.